The van der Waals surface area contributed by atoms with Crippen LogP contribution in [0.2, 0.25) is 0 Å². The molecule has 1 amide bonds. The Hall–Kier alpha value is -4.51. The summed E-state index contributed by atoms with van der Waals surface area (Å²) in [6, 6.07) is 16.2. The molecule has 0 bridgehead atoms. The predicted molar refractivity (Wildman–Crippen MR) is 142 cm³/mol. The SMILES string of the molecule is COc1ccc(CCn2c(=O)c3ncccc3n(CC(=O)Nc3nc4ccccc4s3)c2=O)cc1OC. The summed E-state index contributed by atoms with van der Waals surface area (Å²) in [4.78, 5) is 48.1. The fourth-order valence-electron chi connectivity index (χ4n) is 4.10. The van der Waals surface area contributed by atoms with Crippen molar-refractivity contribution in [2.75, 3.05) is 19.5 Å². The van der Waals surface area contributed by atoms with Crippen molar-refractivity contribution in [2.24, 2.45) is 0 Å². The fraction of sp³-hybridized carbons (Fsp3) is 0.192. The van der Waals surface area contributed by atoms with Gasteiger partial charge in [0.15, 0.2) is 22.1 Å². The number of amides is 1. The number of ether oxygens (including phenoxy) is 2. The molecule has 0 unspecified atom stereocenters. The number of aromatic nitrogens is 4. The molecule has 5 rings (SSSR count). The molecular formula is C26H23N5O5S. The number of carbonyl (C=O) groups is 1. The van der Waals surface area contributed by atoms with Gasteiger partial charge in [0, 0.05) is 12.7 Å². The maximum Gasteiger partial charge on any atom is 0.332 e. The Kier molecular flexibility index (Phi) is 6.69. The molecule has 10 nitrogen and oxygen atoms in total. The lowest BCUT2D eigenvalue weighted by Gasteiger charge is -2.14. The first-order valence-corrected chi connectivity index (χ1v) is 12.2. The second kappa shape index (κ2) is 10.2. The number of carbonyl (C=O) groups excluding carboxylic acids is 1. The topological polar surface area (TPSA) is 117 Å². The maximum absolute atomic E-state index is 13.4. The largest absolute Gasteiger partial charge is 0.493 e. The van der Waals surface area contributed by atoms with Crippen molar-refractivity contribution in [2.45, 2.75) is 19.5 Å². The molecule has 0 aliphatic heterocycles. The quantitative estimate of drug-likeness (QED) is 0.336. The van der Waals surface area contributed by atoms with Crippen molar-refractivity contribution < 1.29 is 14.3 Å². The third kappa shape index (κ3) is 4.81. The second-order valence-corrected chi connectivity index (χ2v) is 9.20. The van der Waals surface area contributed by atoms with E-state index in [1.54, 1.807) is 38.5 Å². The maximum atomic E-state index is 13.4. The molecule has 0 fully saturated rings. The molecular weight excluding hydrogens is 494 g/mol. The third-order valence-corrected chi connectivity index (χ3v) is 6.85. The number of nitrogens with zero attached hydrogens (tertiary/aromatic N) is 4. The van der Waals surface area contributed by atoms with Crippen LogP contribution in [0.25, 0.3) is 21.3 Å². The molecule has 1 N–H and O–H groups in total. The number of rotatable bonds is 8. The first kappa shape index (κ1) is 24.2. The summed E-state index contributed by atoms with van der Waals surface area (Å²) in [5.74, 6) is 0.702. The van der Waals surface area contributed by atoms with Crippen LogP contribution in [-0.2, 0) is 24.3 Å². The molecule has 2 aromatic carbocycles. The van der Waals surface area contributed by atoms with Crippen LogP contribution in [0.1, 0.15) is 5.56 Å². The van der Waals surface area contributed by atoms with Crippen molar-refractivity contribution in [3.05, 3.63) is 87.2 Å². The Morgan fingerprint density at radius 1 is 1.00 bits per heavy atom. The van der Waals surface area contributed by atoms with E-state index in [4.69, 9.17) is 9.47 Å². The van der Waals surface area contributed by atoms with Gasteiger partial charge in [-0.25, -0.2) is 14.8 Å². The minimum absolute atomic E-state index is 0.0964. The van der Waals surface area contributed by atoms with Gasteiger partial charge in [-0.3, -0.25) is 18.7 Å². The molecule has 0 radical (unpaired) electrons. The molecule has 3 heterocycles. The highest BCUT2D eigenvalue weighted by molar-refractivity contribution is 7.22. The van der Waals surface area contributed by atoms with Gasteiger partial charge in [0.2, 0.25) is 5.91 Å². The number of aryl methyl sites for hydroxylation is 1. The summed E-state index contributed by atoms with van der Waals surface area (Å²) in [6.45, 7) is -0.202. The normalized spacial score (nSPS) is 11.1. The van der Waals surface area contributed by atoms with Gasteiger partial charge in [-0.1, -0.05) is 29.5 Å². The van der Waals surface area contributed by atoms with Gasteiger partial charge in [-0.15, -0.1) is 0 Å². The van der Waals surface area contributed by atoms with Crippen LogP contribution in [0.4, 0.5) is 5.13 Å². The molecule has 3 aromatic heterocycles. The van der Waals surface area contributed by atoms with Gasteiger partial charge in [0.05, 0.1) is 30.0 Å². The van der Waals surface area contributed by atoms with E-state index >= 15 is 0 Å². The van der Waals surface area contributed by atoms with Crippen LogP contribution >= 0.6 is 11.3 Å². The van der Waals surface area contributed by atoms with Crippen molar-refractivity contribution in [1.82, 2.24) is 19.1 Å². The average Bonchev–Trinajstić information content (AvgIpc) is 3.33. The van der Waals surface area contributed by atoms with Gasteiger partial charge in [-0.2, -0.15) is 0 Å². The zero-order chi connectivity index (χ0) is 25.9. The minimum Gasteiger partial charge on any atom is -0.493 e. The number of para-hydroxylation sites is 1. The predicted octanol–water partition coefficient (Wildman–Crippen LogP) is 3.07. The van der Waals surface area contributed by atoms with E-state index in [0.717, 1.165) is 20.3 Å². The number of hydrogen-bond acceptors (Lipinski definition) is 8. The fourth-order valence-corrected chi connectivity index (χ4v) is 4.98. The molecule has 0 saturated heterocycles. The number of benzene rings is 2. The molecule has 0 saturated carbocycles. The van der Waals surface area contributed by atoms with Gasteiger partial charge in [0.25, 0.3) is 5.56 Å². The highest BCUT2D eigenvalue weighted by Gasteiger charge is 2.17. The number of thiazole rings is 1. The van der Waals surface area contributed by atoms with Crippen molar-refractivity contribution >= 4 is 43.6 Å². The van der Waals surface area contributed by atoms with E-state index < -0.39 is 17.2 Å². The Morgan fingerprint density at radius 3 is 2.59 bits per heavy atom. The lowest BCUT2D eigenvalue weighted by atomic mass is 10.1. The van der Waals surface area contributed by atoms with Crippen LogP contribution in [0, 0.1) is 0 Å². The number of pyridine rings is 1. The van der Waals surface area contributed by atoms with Crippen molar-refractivity contribution in [1.29, 1.82) is 0 Å². The molecule has 0 spiro atoms. The minimum atomic E-state index is -0.592. The second-order valence-electron chi connectivity index (χ2n) is 8.17. The number of nitrogens with one attached hydrogen (secondary N) is 1. The van der Waals surface area contributed by atoms with Gasteiger partial charge < -0.3 is 14.8 Å². The number of anilines is 1. The molecule has 0 aliphatic carbocycles. The van der Waals surface area contributed by atoms with E-state index in [1.807, 2.05) is 30.3 Å². The smallest absolute Gasteiger partial charge is 0.332 e. The zero-order valence-electron chi connectivity index (χ0n) is 20.1. The highest BCUT2D eigenvalue weighted by Crippen LogP contribution is 2.28. The summed E-state index contributed by atoms with van der Waals surface area (Å²) < 4.78 is 13.9. The van der Waals surface area contributed by atoms with E-state index in [0.29, 0.717) is 28.6 Å². The molecule has 37 heavy (non-hydrogen) atoms. The van der Waals surface area contributed by atoms with Crippen LogP contribution in [-0.4, -0.2) is 39.2 Å². The molecule has 0 atom stereocenters. The van der Waals surface area contributed by atoms with Gasteiger partial charge in [-0.05, 0) is 48.4 Å². The van der Waals surface area contributed by atoms with E-state index in [-0.39, 0.29) is 18.6 Å². The lowest BCUT2D eigenvalue weighted by Crippen LogP contribution is -2.42. The number of hydrogen-bond donors (Lipinski definition) is 1. The third-order valence-electron chi connectivity index (χ3n) is 5.90. The monoisotopic (exact) mass is 517 g/mol. The summed E-state index contributed by atoms with van der Waals surface area (Å²) in [5.41, 5.74) is 0.930. The van der Waals surface area contributed by atoms with Crippen molar-refractivity contribution in [3.8, 4) is 11.5 Å². The summed E-state index contributed by atoms with van der Waals surface area (Å²) >= 11 is 1.34. The Bertz CT molecular complexity index is 1710. The van der Waals surface area contributed by atoms with Crippen LogP contribution in [0.15, 0.2) is 70.4 Å². The standard InChI is InChI=1S/C26H23N5O5S/c1-35-19-10-9-16(14-20(19)36-2)11-13-30-24(33)23-18(7-5-12-27-23)31(26(30)34)15-22(32)29-25-28-17-6-3-4-8-21(17)37-25/h3-10,12,14H,11,13,15H2,1-2H3,(H,28,29,32). The highest BCUT2D eigenvalue weighted by atomic mass is 32.1. The van der Waals surface area contributed by atoms with E-state index in [2.05, 4.69) is 15.3 Å². The number of fused-ring (bicyclic) bond motifs is 2. The molecule has 11 heteroatoms. The Labute approximate surface area is 214 Å². The Morgan fingerprint density at radius 2 is 1.81 bits per heavy atom. The molecule has 5 aromatic rings. The van der Waals surface area contributed by atoms with E-state index in [9.17, 15) is 14.4 Å². The lowest BCUT2D eigenvalue weighted by molar-refractivity contribution is -0.116. The average molecular weight is 518 g/mol. The summed E-state index contributed by atoms with van der Waals surface area (Å²) in [6.07, 6.45) is 1.87. The first-order chi connectivity index (χ1) is 18.0. The molecule has 188 valence electrons. The number of methoxy groups -OCH3 is 2. The molecule has 0 aliphatic rings. The van der Waals surface area contributed by atoms with Gasteiger partial charge >= 0.3 is 5.69 Å². The summed E-state index contributed by atoms with van der Waals surface area (Å²) in [7, 11) is 3.09. The van der Waals surface area contributed by atoms with Crippen LogP contribution in [0.5, 0.6) is 11.5 Å². The van der Waals surface area contributed by atoms with Crippen LogP contribution in [0.3, 0.4) is 0 Å². The van der Waals surface area contributed by atoms with Gasteiger partial charge in [0.1, 0.15) is 6.54 Å². The Balaban J connectivity index is 1.45. The van der Waals surface area contributed by atoms with Crippen LogP contribution < -0.4 is 26.0 Å². The van der Waals surface area contributed by atoms with Crippen molar-refractivity contribution in [3.63, 3.8) is 0 Å². The summed E-state index contributed by atoms with van der Waals surface area (Å²) in [5, 5.41) is 3.20. The van der Waals surface area contributed by atoms with E-state index in [1.165, 1.54) is 22.1 Å². The first-order valence-electron chi connectivity index (χ1n) is 11.4. The zero-order valence-corrected chi connectivity index (χ0v) is 20.9.